The summed E-state index contributed by atoms with van der Waals surface area (Å²) in [6.07, 6.45) is 3.82. The first-order chi connectivity index (χ1) is 5.24. The molecule has 0 aromatic rings. The van der Waals surface area contributed by atoms with Crippen molar-refractivity contribution in [2.45, 2.75) is 32.2 Å². The van der Waals surface area contributed by atoms with Gasteiger partial charge < -0.3 is 10.2 Å². The lowest BCUT2D eigenvalue weighted by Gasteiger charge is -2.07. The quantitative estimate of drug-likeness (QED) is 0.647. The maximum Gasteiger partial charge on any atom is 0.169 e. The van der Waals surface area contributed by atoms with E-state index in [1.54, 1.807) is 0 Å². The molecule has 1 unspecified atom stereocenters. The van der Waals surface area contributed by atoms with E-state index < -0.39 is 0 Å². The number of nitrogens with one attached hydrogen (secondary N) is 1. The second kappa shape index (κ2) is 3.90. The number of unbranched alkanes of at least 4 members (excludes halogenated alkanes) is 1. The summed E-state index contributed by atoms with van der Waals surface area (Å²) in [5.74, 6) is 0. The van der Waals surface area contributed by atoms with Gasteiger partial charge in [-0.2, -0.15) is 0 Å². The first kappa shape index (κ1) is 8.78. The first-order valence-electron chi connectivity index (χ1n) is 4.25. The number of thiocarbonyl (C=S) groups is 1. The van der Waals surface area contributed by atoms with Crippen molar-refractivity contribution in [1.82, 2.24) is 10.2 Å². The van der Waals surface area contributed by atoms with E-state index in [0.29, 0.717) is 6.04 Å². The third kappa shape index (κ3) is 2.33. The highest BCUT2D eigenvalue weighted by Crippen LogP contribution is 2.08. The average molecular weight is 172 g/mol. The Kier molecular flexibility index (Phi) is 3.12. The Labute approximate surface area is 74.0 Å². The number of hydrogen-bond donors (Lipinski definition) is 1. The summed E-state index contributed by atoms with van der Waals surface area (Å²) < 4.78 is 0. The molecule has 0 radical (unpaired) electrons. The van der Waals surface area contributed by atoms with Gasteiger partial charge in [0.1, 0.15) is 0 Å². The summed E-state index contributed by atoms with van der Waals surface area (Å²) >= 11 is 5.08. The lowest BCUT2D eigenvalue weighted by Crippen LogP contribution is -2.26. The van der Waals surface area contributed by atoms with Crippen molar-refractivity contribution in [1.29, 1.82) is 0 Å². The highest BCUT2D eigenvalue weighted by Gasteiger charge is 2.21. The summed E-state index contributed by atoms with van der Waals surface area (Å²) in [5, 5.41) is 4.20. The standard InChI is InChI=1S/C8H16N2S/c1-3-4-5-7-6-10(2)8(11)9-7/h7H,3-6H2,1-2H3,(H,9,11). The second-order valence-electron chi connectivity index (χ2n) is 3.17. The molecule has 3 heteroatoms. The Bertz CT molecular complexity index is 147. The number of likely N-dealkylation sites (N-methyl/N-ethyl adjacent to an activating group) is 1. The topological polar surface area (TPSA) is 15.3 Å². The fraction of sp³-hybridized carbons (Fsp3) is 0.875. The number of hydrogen-bond acceptors (Lipinski definition) is 1. The molecule has 1 rings (SSSR count). The predicted molar refractivity (Wildman–Crippen MR) is 51.7 cm³/mol. The highest BCUT2D eigenvalue weighted by atomic mass is 32.1. The van der Waals surface area contributed by atoms with E-state index in [1.807, 2.05) is 7.05 Å². The van der Waals surface area contributed by atoms with E-state index in [1.165, 1.54) is 19.3 Å². The molecule has 1 saturated heterocycles. The maximum atomic E-state index is 5.08. The molecular weight excluding hydrogens is 156 g/mol. The van der Waals surface area contributed by atoms with Gasteiger partial charge in [0.25, 0.3) is 0 Å². The summed E-state index contributed by atoms with van der Waals surface area (Å²) in [6.45, 7) is 3.30. The van der Waals surface area contributed by atoms with Crippen LogP contribution in [0.2, 0.25) is 0 Å². The SMILES string of the molecule is CCCCC1CN(C)C(=S)N1. The monoisotopic (exact) mass is 172 g/mol. The maximum absolute atomic E-state index is 5.08. The lowest BCUT2D eigenvalue weighted by molar-refractivity contribution is 0.478. The van der Waals surface area contributed by atoms with Crippen molar-refractivity contribution >= 4 is 17.3 Å². The molecule has 0 amide bonds. The Hall–Kier alpha value is -0.310. The van der Waals surface area contributed by atoms with Crippen LogP contribution in [0.4, 0.5) is 0 Å². The van der Waals surface area contributed by atoms with Gasteiger partial charge in [0, 0.05) is 19.6 Å². The van der Waals surface area contributed by atoms with E-state index >= 15 is 0 Å². The molecular formula is C8H16N2S. The van der Waals surface area contributed by atoms with Crippen LogP contribution in [0.3, 0.4) is 0 Å². The van der Waals surface area contributed by atoms with Crippen LogP contribution in [-0.2, 0) is 0 Å². The van der Waals surface area contributed by atoms with Crippen LogP contribution in [0.5, 0.6) is 0 Å². The van der Waals surface area contributed by atoms with Gasteiger partial charge in [0.15, 0.2) is 5.11 Å². The fourth-order valence-corrected chi connectivity index (χ4v) is 1.60. The molecule has 0 bridgehead atoms. The molecule has 0 aromatic carbocycles. The molecule has 1 aliphatic heterocycles. The van der Waals surface area contributed by atoms with Crippen LogP contribution < -0.4 is 5.32 Å². The van der Waals surface area contributed by atoms with Gasteiger partial charge in [0.05, 0.1) is 0 Å². The summed E-state index contributed by atoms with van der Waals surface area (Å²) in [4.78, 5) is 2.11. The highest BCUT2D eigenvalue weighted by molar-refractivity contribution is 7.80. The van der Waals surface area contributed by atoms with Crippen LogP contribution in [0.1, 0.15) is 26.2 Å². The van der Waals surface area contributed by atoms with E-state index in [4.69, 9.17) is 12.2 Å². The van der Waals surface area contributed by atoms with Gasteiger partial charge in [0.2, 0.25) is 0 Å². The van der Waals surface area contributed by atoms with E-state index in [0.717, 1.165) is 11.7 Å². The summed E-state index contributed by atoms with van der Waals surface area (Å²) in [7, 11) is 2.04. The molecule has 64 valence electrons. The third-order valence-corrected chi connectivity index (χ3v) is 2.50. The van der Waals surface area contributed by atoms with Crippen molar-refractivity contribution in [2.24, 2.45) is 0 Å². The molecule has 0 saturated carbocycles. The smallest absolute Gasteiger partial charge is 0.169 e. The van der Waals surface area contributed by atoms with Crippen LogP contribution >= 0.6 is 12.2 Å². The first-order valence-corrected chi connectivity index (χ1v) is 4.66. The molecule has 0 aliphatic carbocycles. The van der Waals surface area contributed by atoms with E-state index in [9.17, 15) is 0 Å². The van der Waals surface area contributed by atoms with Gasteiger partial charge >= 0.3 is 0 Å². The number of rotatable bonds is 3. The minimum Gasteiger partial charge on any atom is -0.358 e. The van der Waals surface area contributed by atoms with Crippen molar-refractivity contribution < 1.29 is 0 Å². The zero-order valence-corrected chi connectivity index (χ0v) is 8.08. The molecule has 2 nitrogen and oxygen atoms in total. The molecule has 0 aromatic heterocycles. The van der Waals surface area contributed by atoms with Crippen molar-refractivity contribution in [3.8, 4) is 0 Å². The zero-order valence-electron chi connectivity index (χ0n) is 7.26. The fourth-order valence-electron chi connectivity index (χ4n) is 1.36. The molecule has 1 atom stereocenters. The minimum absolute atomic E-state index is 0.604. The summed E-state index contributed by atoms with van der Waals surface area (Å²) in [5.41, 5.74) is 0. The largest absolute Gasteiger partial charge is 0.358 e. The predicted octanol–water partition coefficient (Wildman–Crippen LogP) is 1.37. The van der Waals surface area contributed by atoms with Gasteiger partial charge in [-0.25, -0.2) is 0 Å². The Morgan fingerprint density at radius 2 is 2.45 bits per heavy atom. The third-order valence-electron chi connectivity index (χ3n) is 2.07. The van der Waals surface area contributed by atoms with Gasteiger partial charge in [-0.3, -0.25) is 0 Å². The average Bonchev–Trinajstić information content (AvgIpc) is 2.28. The Morgan fingerprint density at radius 3 is 2.91 bits per heavy atom. The van der Waals surface area contributed by atoms with Crippen LogP contribution in [0.25, 0.3) is 0 Å². The van der Waals surface area contributed by atoms with Crippen LogP contribution in [-0.4, -0.2) is 29.6 Å². The molecule has 1 heterocycles. The van der Waals surface area contributed by atoms with Crippen LogP contribution in [0.15, 0.2) is 0 Å². The van der Waals surface area contributed by atoms with E-state index in [2.05, 4.69) is 17.1 Å². The van der Waals surface area contributed by atoms with Gasteiger partial charge in [-0.15, -0.1) is 0 Å². The van der Waals surface area contributed by atoms with Crippen molar-refractivity contribution in [3.05, 3.63) is 0 Å². The van der Waals surface area contributed by atoms with Crippen molar-refractivity contribution in [2.75, 3.05) is 13.6 Å². The second-order valence-corrected chi connectivity index (χ2v) is 3.56. The molecule has 11 heavy (non-hydrogen) atoms. The lowest BCUT2D eigenvalue weighted by atomic mass is 10.1. The normalized spacial score (nSPS) is 24.0. The number of nitrogens with zero attached hydrogens (tertiary/aromatic N) is 1. The van der Waals surface area contributed by atoms with Crippen molar-refractivity contribution in [3.63, 3.8) is 0 Å². The van der Waals surface area contributed by atoms with Gasteiger partial charge in [-0.05, 0) is 18.6 Å². The van der Waals surface area contributed by atoms with Crippen LogP contribution in [0, 0.1) is 0 Å². The Morgan fingerprint density at radius 1 is 1.73 bits per heavy atom. The zero-order chi connectivity index (χ0) is 8.27. The Balaban J connectivity index is 2.24. The van der Waals surface area contributed by atoms with E-state index in [-0.39, 0.29) is 0 Å². The molecule has 1 aliphatic rings. The molecule has 1 fully saturated rings. The minimum atomic E-state index is 0.604. The van der Waals surface area contributed by atoms with Gasteiger partial charge in [-0.1, -0.05) is 19.8 Å². The summed E-state index contributed by atoms with van der Waals surface area (Å²) in [6, 6.07) is 0.604. The molecule has 1 N–H and O–H groups in total. The molecule has 0 spiro atoms.